The fourth-order valence-electron chi connectivity index (χ4n) is 9.16. The molecule has 0 heterocycles. The molecule has 0 aromatic heterocycles. The normalized spacial score (nSPS) is 28.2. The van der Waals surface area contributed by atoms with Gasteiger partial charge in [-0.3, -0.25) is 4.79 Å². The van der Waals surface area contributed by atoms with Gasteiger partial charge in [0, 0.05) is 23.7 Å². The lowest BCUT2D eigenvalue weighted by Gasteiger charge is -2.75. The second kappa shape index (κ2) is 8.83. The van der Waals surface area contributed by atoms with E-state index in [2.05, 4.69) is 50.3 Å². The van der Waals surface area contributed by atoms with Crippen LogP contribution in [-0.2, 0) is 4.79 Å². The van der Waals surface area contributed by atoms with Crippen LogP contribution in [0.4, 0.5) is 0 Å². The number of hydrogen-bond donors (Lipinski definition) is 0. The molecule has 0 aromatic rings. The van der Waals surface area contributed by atoms with Crippen LogP contribution >= 0.6 is 0 Å². The summed E-state index contributed by atoms with van der Waals surface area (Å²) in [6, 6.07) is 0. The molecule has 0 amide bonds. The molecule has 33 heavy (non-hydrogen) atoms. The van der Waals surface area contributed by atoms with Crippen molar-refractivity contribution in [2.24, 2.45) is 27.1 Å². The molecule has 4 saturated carbocycles. The summed E-state index contributed by atoms with van der Waals surface area (Å²) in [6.45, 7) is 4.60. The number of unbranched alkanes of at least 4 members (excludes halogenated alkanes) is 7. The van der Waals surface area contributed by atoms with E-state index in [0.717, 1.165) is 12.8 Å². The highest BCUT2D eigenvalue weighted by molar-refractivity contribution is 5.86. The van der Waals surface area contributed by atoms with E-state index in [1.54, 1.807) is 0 Å². The van der Waals surface area contributed by atoms with Crippen molar-refractivity contribution in [1.29, 1.82) is 0 Å². The highest BCUT2D eigenvalue weighted by atomic mass is 16.1. The summed E-state index contributed by atoms with van der Waals surface area (Å²) in [5, 5.41) is 0. The van der Waals surface area contributed by atoms with Gasteiger partial charge >= 0.3 is 0 Å². The van der Waals surface area contributed by atoms with Gasteiger partial charge < -0.3 is 0 Å². The zero-order chi connectivity index (χ0) is 23.0. The maximum atomic E-state index is 11.5. The zero-order valence-corrected chi connectivity index (χ0v) is 21.6. The number of ketones is 1. The van der Waals surface area contributed by atoms with Crippen molar-refractivity contribution in [3.05, 3.63) is 36.5 Å². The summed E-state index contributed by atoms with van der Waals surface area (Å²) in [4.78, 5) is 11.5. The van der Waals surface area contributed by atoms with E-state index < -0.39 is 0 Å². The van der Waals surface area contributed by atoms with Crippen LogP contribution < -0.4 is 0 Å². The summed E-state index contributed by atoms with van der Waals surface area (Å²) in [5.74, 6) is 0.521. The standard InChI is InChI=1S/C32H48O/c1-3-5-7-9-11-13-28(14-12-10-8-6-4-2)15-17-29(18-16-28)21-31(22-29)25-32(26-31)23-30(24-32)19-27(33)20-30/h11,13,15-18H,3-10,12,14,19-26H2,1-2H3/b13-11-. The molecular formula is C32H48O. The molecule has 5 rings (SSSR count). The lowest BCUT2D eigenvalue weighted by atomic mass is 9.29. The van der Waals surface area contributed by atoms with Gasteiger partial charge in [0.1, 0.15) is 5.78 Å². The van der Waals surface area contributed by atoms with Crippen molar-refractivity contribution in [1.82, 2.24) is 0 Å². The van der Waals surface area contributed by atoms with Gasteiger partial charge in [-0.2, -0.15) is 0 Å². The summed E-state index contributed by atoms with van der Waals surface area (Å²) in [6.07, 6.45) is 39.0. The molecule has 0 aliphatic heterocycles. The van der Waals surface area contributed by atoms with E-state index in [1.165, 1.54) is 103 Å². The van der Waals surface area contributed by atoms with Gasteiger partial charge in [-0.15, -0.1) is 0 Å². The summed E-state index contributed by atoms with van der Waals surface area (Å²) in [7, 11) is 0. The van der Waals surface area contributed by atoms with Gasteiger partial charge in [0.05, 0.1) is 0 Å². The topological polar surface area (TPSA) is 17.1 Å². The molecular weight excluding hydrogens is 400 g/mol. The first kappa shape index (κ1) is 23.6. The molecule has 0 aromatic carbocycles. The van der Waals surface area contributed by atoms with Crippen LogP contribution in [0, 0.1) is 27.1 Å². The van der Waals surface area contributed by atoms with Crippen LogP contribution in [0.15, 0.2) is 36.5 Å². The van der Waals surface area contributed by atoms with Gasteiger partial charge in [-0.05, 0) is 74.0 Å². The Hall–Kier alpha value is -1.11. The summed E-state index contributed by atoms with van der Waals surface area (Å²) < 4.78 is 0. The number of carbonyl (C=O) groups is 1. The van der Waals surface area contributed by atoms with Crippen LogP contribution in [0.3, 0.4) is 0 Å². The number of rotatable bonds is 11. The van der Waals surface area contributed by atoms with E-state index >= 15 is 0 Å². The third kappa shape index (κ3) is 4.60. The third-order valence-electron chi connectivity index (χ3n) is 10.1. The smallest absolute Gasteiger partial charge is 0.134 e. The Labute approximate surface area is 203 Å². The van der Waals surface area contributed by atoms with Crippen molar-refractivity contribution >= 4 is 5.78 Å². The number of hydrogen-bond acceptors (Lipinski definition) is 1. The molecule has 0 N–H and O–H groups in total. The Morgan fingerprint density at radius 3 is 1.91 bits per heavy atom. The van der Waals surface area contributed by atoms with E-state index in [0.29, 0.717) is 27.4 Å². The molecule has 0 atom stereocenters. The molecule has 5 aliphatic rings. The maximum absolute atomic E-state index is 11.5. The minimum absolute atomic E-state index is 0.171. The van der Waals surface area contributed by atoms with Crippen molar-refractivity contribution < 1.29 is 4.79 Å². The Kier molecular flexibility index (Phi) is 6.32. The minimum atomic E-state index is 0.171. The quantitative estimate of drug-likeness (QED) is 0.227. The number of Topliss-reactive ketones (excluding diaryl/α,β-unsaturated/α-hetero) is 1. The Bertz CT molecular complexity index is 775. The zero-order valence-electron chi connectivity index (χ0n) is 21.6. The predicted octanol–water partition coefficient (Wildman–Crippen LogP) is 9.29. The number of carbonyl (C=O) groups excluding carboxylic acids is 1. The van der Waals surface area contributed by atoms with Crippen molar-refractivity contribution in [2.45, 2.75) is 129 Å². The van der Waals surface area contributed by atoms with Gasteiger partial charge in [-0.25, -0.2) is 0 Å². The van der Waals surface area contributed by atoms with E-state index in [4.69, 9.17) is 0 Å². The van der Waals surface area contributed by atoms with Crippen molar-refractivity contribution in [2.75, 3.05) is 0 Å². The van der Waals surface area contributed by atoms with E-state index in [-0.39, 0.29) is 5.41 Å². The van der Waals surface area contributed by atoms with Gasteiger partial charge in [0.2, 0.25) is 0 Å². The van der Waals surface area contributed by atoms with E-state index in [1.807, 2.05) is 0 Å². The third-order valence-corrected chi connectivity index (χ3v) is 10.1. The SMILES string of the molecule is CCCCC/C=C\C1(CCCCCCC)C=CC2(C=C1)CC1(C2)CC2(CC3(CC(=O)C3)C2)C1. The van der Waals surface area contributed by atoms with Gasteiger partial charge in [-0.1, -0.05) is 95.2 Å². The molecule has 5 aliphatic carbocycles. The fraction of sp³-hybridized carbons (Fsp3) is 0.781. The Balaban J connectivity index is 1.14. The molecule has 4 spiro atoms. The van der Waals surface area contributed by atoms with Crippen LogP contribution in [0.1, 0.15) is 129 Å². The minimum Gasteiger partial charge on any atom is -0.300 e. The average Bonchev–Trinajstić information content (AvgIpc) is 2.70. The first-order valence-corrected chi connectivity index (χ1v) is 14.5. The maximum Gasteiger partial charge on any atom is 0.134 e. The Morgan fingerprint density at radius 2 is 1.27 bits per heavy atom. The second-order valence-electron chi connectivity index (χ2n) is 13.5. The van der Waals surface area contributed by atoms with Crippen LogP contribution in [0.2, 0.25) is 0 Å². The van der Waals surface area contributed by atoms with Crippen LogP contribution in [0.25, 0.3) is 0 Å². The van der Waals surface area contributed by atoms with Crippen LogP contribution in [0.5, 0.6) is 0 Å². The molecule has 0 saturated heterocycles. The monoisotopic (exact) mass is 448 g/mol. The van der Waals surface area contributed by atoms with Crippen molar-refractivity contribution in [3.63, 3.8) is 0 Å². The Morgan fingerprint density at radius 1 is 0.697 bits per heavy atom. The summed E-state index contributed by atoms with van der Waals surface area (Å²) in [5.41, 5.74) is 2.29. The molecule has 0 radical (unpaired) electrons. The first-order valence-electron chi connectivity index (χ1n) is 14.5. The van der Waals surface area contributed by atoms with E-state index in [9.17, 15) is 4.79 Å². The molecule has 1 nitrogen and oxygen atoms in total. The predicted molar refractivity (Wildman–Crippen MR) is 139 cm³/mol. The fourth-order valence-corrected chi connectivity index (χ4v) is 9.16. The van der Waals surface area contributed by atoms with Crippen molar-refractivity contribution in [3.8, 4) is 0 Å². The molecule has 4 fully saturated rings. The molecule has 0 unspecified atom stereocenters. The number of allylic oxidation sites excluding steroid dienone is 6. The second-order valence-corrected chi connectivity index (χ2v) is 13.5. The largest absolute Gasteiger partial charge is 0.300 e. The first-order chi connectivity index (χ1) is 15.9. The lowest BCUT2D eigenvalue weighted by molar-refractivity contribution is -0.230. The van der Waals surface area contributed by atoms with Crippen LogP contribution in [-0.4, -0.2) is 5.78 Å². The average molecular weight is 449 g/mol. The van der Waals surface area contributed by atoms with Gasteiger partial charge in [0.15, 0.2) is 0 Å². The lowest BCUT2D eigenvalue weighted by Crippen LogP contribution is -2.65. The summed E-state index contributed by atoms with van der Waals surface area (Å²) >= 11 is 0. The highest BCUT2D eigenvalue weighted by Crippen LogP contribution is 2.80. The molecule has 182 valence electrons. The molecule has 0 bridgehead atoms. The van der Waals surface area contributed by atoms with Gasteiger partial charge in [0.25, 0.3) is 0 Å². The molecule has 1 heteroatoms. The highest BCUT2D eigenvalue weighted by Gasteiger charge is 2.71.